The van der Waals surface area contributed by atoms with Gasteiger partial charge in [-0.1, -0.05) is 55.8 Å². The zero-order chi connectivity index (χ0) is 23.2. The van der Waals surface area contributed by atoms with E-state index < -0.39 is 20.4 Å². The van der Waals surface area contributed by atoms with Crippen molar-refractivity contribution < 1.29 is 16.8 Å². The number of hydrogen-bond acceptors (Lipinski definition) is 3. The predicted molar refractivity (Wildman–Crippen MR) is 133 cm³/mol. The molecule has 6 heteroatoms. The third-order valence-corrected chi connectivity index (χ3v) is 10.2. The molecule has 0 saturated heterocycles. The lowest BCUT2D eigenvalue weighted by Gasteiger charge is -2.35. The van der Waals surface area contributed by atoms with Crippen LogP contribution in [0.4, 0.5) is 0 Å². The van der Waals surface area contributed by atoms with E-state index in [4.69, 9.17) is 8.37 Å². The van der Waals surface area contributed by atoms with Crippen LogP contribution in [0.2, 0.25) is 0 Å². The quantitative estimate of drug-likeness (QED) is 0.242. The molecule has 1 N–H and O–H groups in total. The Kier molecular flexibility index (Phi) is 7.70. The average Bonchev–Trinajstić information content (AvgIpc) is 2.76. The van der Waals surface area contributed by atoms with E-state index in [1.165, 1.54) is 0 Å². The molecule has 3 aromatic rings. The number of benzene rings is 3. The summed E-state index contributed by atoms with van der Waals surface area (Å²) in [6.07, 6.45) is 1.38. The smallest absolute Gasteiger partial charge is 0.390 e. The Morgan fingerprint density at radius 2 is 1.31 bits per heavy atom. The van der Waals surface area contributed by atoms with Crippen LogP contribution in [-0.2, 0) is 10.1 Å². The van der Waals surface area contributed by atoms with Crippen molar-refractivity contribution in [3.05, 3.63) is 84.9 Å². The van der Waals surface area contributed by atoms with Crippen LogP contribution < -0.4 is 4.74 Å². The van der Waals surface area contributed by atoms with Gasteiger partial charge < -0.3 is 4.74 Å². The van der Waals surface area contributed by atoms with Crippen LogP contribution in [0.1, 0.15) is 40.5 Å². The van der Waals surface area contributed by atoms with Crippen LogP contribution in [0.3, 0.4) is 0 Å². The van der Waals surface area contributed by atoms with Gasteiger partial charge in [-0.3, -0.25) is 3.63 Å². The molecule has 0 aliphatic rings. The molecule has 0 aromatic heterocycles. The van der Waals surface area contributed by atoms with E-state index in [1.807, 2.05) is 113 Å². The molecule has 0 saturated carbocycles. The second-order valence-corrected chi connectivity index (χ2v) is 13.4. The molecular weight excluding hydrogens is 440 g/mol. The first-order valence-electron chi connectivity index (χ1n) is 10.9. The minimum atomic E-state index is -3.67. The van der Waals surface area contributed by atoms with Crippen molar-refractivity contribution in [1.29, 1.82) is 0 Å². The lowest BCUT2D eigenvalue weighted by Crippen LogP contribution is -2.23. The van der Waals surface area contributed by atoms with Gasteiger partial charge in [0.2, 0.25) is 0 Å². The zero-order valence-electron chi connectivity index (χ0n) is 19.2. The maximum absolute atomic E-state index is 13.3. The van der Waals surface area contributed by atoms with Crippen molar-refractivity contribution in [3.8, 4) is 5.75 Å². The van der Waals surface area contributed by atoms with E-state index in [2.05, 4.69) is 0 Å². The standard InChI is InChI=1S/C26H32O4S2/c1-5-6-20-31(27,28)30-32(23-15-9-7-10-16-23,24-17-11-8-12-18-24)25-19-13-14-22(21-25)29-26(2,3)4/h7-19,21H,5-6,20H2,1-4H3/p+1. The molecule has 0 atom stereocenters. The number of hydrogen-bond donors (Lipinski definition) is 0. The van der Waals surface area contributed by atoms with E-state index in [9.17, 15) is 8.42 Å². The van der Waals surface area contributed by atoms with Gasteiger partial charge in [0.15, 0.2) is 0 Å². The predicted octanol–water partition coefficient (Wildman–Crippen LogP) is 7.28. The van der Waals surface area contributed by atoms with E-state index in [-0.39, 0.29) is 11.4 Å². The van der Waals surface area contributed by atoms with Crippen LogP contribution in [-0.4, -0.2) is 23.4 Å². The Labute approximate surface area is 194 Å². The average molecular weight is 474 g/mol. The molecule has 0 aliphatic heterocycles. The van der Waals surface area contributed by atoms with Gasteiger partial charge in [-0.2, -0.15) is 8.42 Å². The summed E-state index contributed by atoms with van der Waals surface area (Å²) in [7, 11) is -6.11. The molecular formula is C26H33O4S2+. The minimum Gasteiger partial charge on any atom is -0.488 e. The van der Waals surface area contributed by atoms with Gasteiger partial charge in [0.05, 0.1) is 25.0 Å². The maximum atomic E-state index is 13.3. The Morgan fingerprint density at radius 3 is 1.81 bits per heavy atom. The number of ether oxygens (including phenoxy) is 1. The van der Waals surface area contributed by atoms with Gasteiger partial charge >= 0.3 is 10.1 Å². The SMILES string of the molecule is CCCCS(=O)(=O)[OH+]S(c1ccccc1)(c1ccccc1)c1cccc(OC(C)(C)C)c1. The molecule has 3 aromatic carbocycles. The van der Waals surface area contributed by atoms with Gasteiger partial charge in [-0.05, 0) is 69.7 Å². The first kappa shape index (κ1) is 24.4. The lowest BCUT2D eigenvalue weighted by atomic mass is 10.2. The molecule has 0 amide bonds. The Hall–Kier alpha value is -2.28. The minimum absolute atomic E-state index is 0.0378. The van der Waals surface area contributed by atoms with Gasteiger partial charge in [-0.15, -0.1) is 0 Å². The Morgan fingerprint density at radius 1 is 0.781 bits per heavy atom. The molecule has 0 heterocycles. The summed E-state index contributed by atoms with van der Waals surface area (Å²) in [6.45, 7) is 7.96. The molecule has 4 nitrogen and oxygen atoms in total. The molecule has 0 spiro atoms. The molecule has 32 heavy (non-hydrogen) atoms. The molecule has 172 valence electrons. The fourth-order valence-electron chi connectivity index (χ4n) is 3.38. The largest absolute Gasteiger partial charge is 0.488 e. The van der Waals surface area contributed by atoms with E-state index in [1.54, 1.807) is 0 Å². The lowest BCUT2D eigenvalue weighted by molar-refractivity contribution is 0.130. The first-order chi connectivity index (χ1) is 15.2. The summed E-state index contributed by atoms with van der Waals surface area (Å²) >= 11 is 0. The number of rotatable bonds is 9. The normalized spacial score (nSPS) is 13.0. The summed E-state index contributed by atoms with van der Waals surface area (Å²) in [6, 6.07) is 27.2. The van der Waals surface area contributed by atoms with Crippen molar-refractivity contribution in [3.63, 3.8) is 0 Å². The van der Waals surface area contributed by atoms with Gasteiger partial charge in [0.1, 0.15) is 17.1 Å². The summed E-state index contributed by atoms with van der Waals surface area (Å²) in [5.74, 6) is 0.732. The highest BCUT2D eigenvalue weighted by atomic mass is 32.3. The monoisotopic (exact) mass is 473 g/mol. The highest BCUT2D eigenvalue weighted by Crippen LogP contribution is 2.68. The fourth-order valence-corrected chi connectivity index (χ4v) is 9.21. The second kappa shape index (κ2) is 10.1. The first-order valence-corrected chi connectivity index (χ1v) is 14.1. The Bertz CT molecular complexity index is 1070. The van der Waals surface area contributed by atoms with Gasteiger partial charge in [-0.25, -0.2) is 0 Å². The molecule has 0 bridgehead atoms. The van der Waals surface area contributed by atoms with Crippen LogP contribution in [0.15, 0.2) is 99.6 Å². The van der Waals surface area contributed by atoms with E-state index >= 15 is 0 Å². The van der Waals surface area contributed by atoms with Crippen molar-refractivity contribution in [2.75, 3.05) is 5.75 Å². The highest BCUT2D eigenvalue weighted by molar-refractivity contribution is 8.32. The maximum Gasteiger partial charge on any atom is 0.390 e. The molecule has 0 aliphatic carbocycles. The van der Waals surface area contributed by atoms with Crippen molar-refractivity contribution in [1.82, 2.24) is 0 Å². The Balaban J connectivity index is 2.28. The third-order valence-electron chi connectivity index (χ3n) is 4.72. The third kappa shape index (κ3) is 5.94. The van der Waals surface area contributed by atoms with Crippen molar-refractivity contribution >= 4 is 20.4 Å². The summed E-state index contributed by atoms with van der Waals surface area (Å²) in [5, 5.41) is 0. The van der Waals surface area contributed by atoms with Gasteiger partial charge in [0, 0.05) is 0 Å². The summed E-state index contributed by atoms with van der Waals surface area (Å²) in [5.41, 5.74) is -0.375. The van der Waals surface area contributed by atoms with E-state index in [0.29, 0.717) is 12.2 Å². The molecule has 0 unspecified atom stereocenters. The number of unbranched alkanes of at least 4 members (excludes halogenated alkanes) is 1. The zero-order valence-corrected chi connectivity index (χ0v) is 20.8. The van der Waals surface area contributed by atoms with Crippen LogP contribution in [0.5, 0.6) is 5.75 Å². The summed E-state index contributed by atoms with van der Waals surface area (Å²) in [4.78, 5) is 2.58. The van der Waals surface area contributed by atoms with Crippen LogP contribution >= 0.6 is 10.3 Å². The van der Waals surface area contributed by atoms with E-state index in [0.717, 1.165) is 21.1 Å². The van der Waals surface area contributed by atoms with Crippen LogP contribution in [0, 0.1) is 0 Å². The molecule has 0 fully saturated rings. The van der Waals surface area contributed by atoms with Gasteiger partial charge in [0.25, 0.3) is 0 Å². The van der Waals surface area contributed by atoms with Crippen LogP contribution in [0.25, 0.3) is 0 Å². The van der Waals surface area contributed by atoms with Crippen molar-refractivity contribution in [2.45, 2.75) is 60.8 Å². The highest BCUT2D eigenvalue weighted by Gasteiger charge is 2.42. The van der Waals surface area contributed by atoms with Crippen molar-refractivity contribution in [2.24, 2.45) is 0 Å². The topological polar surface area (TPSA) is 56.2 Å². The molecule has 3 rings (SSSR count). The summed E-state index contributed by atoms with van der Waals surface area (Å²) < 4.78 is 37.4. The second-order valence-electron chi connectivity index (χ2n) is 8.61. The fraction of sp³-hybridized carbons (Fsp3) is 0.308. The molecule has 0 radical (unpaired) electrons.